The van der Waals surface area contributed by atoms with E-state index in [2.05, 4.69) is 45.0 Å². The molecule has 1 nitrogen and oxygen atoms in total. The highest BCUT2D eigenvalue weighted by Gasteiger charge is 2.28. The first-order chi connectivity index (χ1) is 4.55. The Balaban J connectivity index is 3.09. The maximum Gasteiger partial charge on any atom is 0.236 e. The van der Waals surface area contributed by atoms with Gasteiger partial charge in [0.1, 0.15) is 7.05 Å². The summed E-state index contributed by atoms with van der Waals surface area (Å²) in [4.78, 5) is 0. The summed E-state index contributed by atoms with van der Waals surface area (Å²) in [6, 6.07) is 0. The highest BCUT2D eigenvalue weighted by atomic mass is 32.1. The van der Waals surface area contributed by atoms with Crippen LogP contribution in [0.3, 0.4) is 0 Å². The van der Waals surface area contributed by atoms with Crippen LogP contribution in [-0.4, -0.2) is 17.3 Å². The first-order valence-corrected chi connectivity index (χ1v) is 3.97. The average molecular weight is 156 g/mol. The molecule has 0 saturated heterocycles. The summed E-state index contributed by atoms with van der Waals surface area (Å²) in [5.41, 5.74) is 2.77. The van der Waals surface area contributed by atoms with Gasteiger partial charge in [0.2, 0.25) is 5.03 Å². The minimum absolute atomic E-state index is 0.581. The molecule has 1 aliphatic heterocycles. The third-order valence-corrected chi connectivity index (χ3v) is 3.13. The van der Waals surface area contributed by atoms with E-state index in [1.807, 2.05) is 0 Å². The Bertz CT molecular complexity index is 201. The summed E-state index contributed by atoms with van der Waals surface area (Å²) in [6.07, 6.45) is 0. The average Bonchev–Trinajstić information content (AvgIpc) is 2.07. The van der Waals surface area contributed by atoms with E-state index in [-0.39, 0.29) is 0 Å². The van der Waals surface area contributed by atoms with Crippen LogP contribution in [-0.2, 0) is 0 Å². The molecule has 0 aromatic carbocycles. The minimum Gasteiger partial charge on any atom is -0.197 e. The van der Waals surface area contributed by atoms with Crippen LogP contribution in [0, 0.1) is 5.92 Å². The maximum absolute atomic E-state index is 4.39. The number of thiol groups is 1. The number of hydrogen-bond donors (Lipinski definition) is 1. The molecule has 0 aromatic heterocycles. The van der Waals surface area contributed by atoms with E-state index < -0.39 is 0 Å². The smallest absolute Gasteiger partial charge is 0.197 e. The fraction of sp³-hybridized carbons (Fsp3) is 0.625. The van der Waals surface area contributed by atoms with Crippen molar-refractivity contribution in [3.05, 3.63) is 10.6 Å². The Kier molecular flexibility index (Phi) is 1.90. The molecule has 0 N–H and O–H groups in total. The second-order valence-electron chi connectivity index (χ2n) is 2.93. The summed E-state index contributed by atoms with van der Waals surface area (Å²) < 4.78 is 2.14. The quantitative estimate of drug-likeness (QED) is 0.403. The maximum atomic E-state index is 4.39. The van der Waals surface area contributed by atoms with E-state index in [0.717, 1.165) is 5.03 Å². The van der Waals surface area contributed by atoms with Crippen molar-refractivity contribution < 1.29 is 4.58 Å². The molecule has 0 spiro atoms. The Morgan fingerprint density at radius 1 is 1.40 bits per heavy atom. The van der Waals surface area contributed by atoms with Crippen molar-refractivity contribution in [2.24, 2.45) is 5.92 Å². The molecule has 56 valence electrons. The lowest BCUT2D eigenvalue weighted by molar-refractivity contribution is -0.427. The van der Waals surface area contributed by atoms with Crippen molar-refractivity contribution in [2.45, 2.75) is 20.8 Å². The zero-order valence-electron chi connectivity index (χ0n) is 6.97. The summed E-state index contributed by atoms with van der Waals surface area (Å²) in [5.74, 6) is 0.581. The van der Waals surface area contributed by atoms with Gasteiger partial charge in [-0.05, 0) is 13.8 Å². The highest BCUT2D eigenvalue weighted by Crippen LogP contribution is 2.25. The van der Waals surface area contributed by atoms with E-state index in [1.54, 1.807) is 0 Å². The first kappa shape index (κ1) is 7.86. The minimum atomic E-state index is 0.581. The Morgan fingerprint density at radius 2 is 1.90 bits per heavy atom. The molecule has 0 bridgehead atoms. The highest BCUT2D eigenvalue weighted by molar-refractivity contribution is 7.84. The van der Waals surface area contributed by atoms with Gasteiger partial charge in [-0.15, -0.1) is 0 Å². The number of allylic oxidation sites excluding steroid dienone is 1. The van der Waals surface area contributed by atoms with Crippen molar-refractivity contribution in [1.82, 2.24) is 0 Å². The van der Waals surface area contributed by atoms with Crippen LogP contribution in [0.25, 0.3) is 0 Å². The van der Waals surface area contributed by atoms with Gasteiger partial charge < -0.3 is 0 Å². The van der Waals surface area contributed by atoms with E-state index in [0.29, 0.717) is 5.92 Å². The van der Waals surface area contributed by atoms with Crippen LogP contribution in [0.15, 0.2) is 10.6 Å². The zero-order valence-corrected chi connectivity index (χ0v) is 7.87. The fourth-order valence-electron chi connectivity index (χ4n) is 1.23. The predicted molar refractivity (Wildman–Crippen MR) is 47.7 cm³/mol. The van der Waals surface area contributed by atoms with Crippen molar-refractivity contribution in [3.63, 3.8) is 0 Å². The van der Waals surface area contributed by atoms with Crippen LogP contribution in [0.4, 0.5) is 0 Å². The molecule has 0 radical (unpaired) electrons. The molecule has 0 fully saturated rings. The third kappa shape index (κ3) is 0.908. The molecule has 1 heterocycles. The first-order valence-electron chi connectivity index (χ1n) is 3.52. The molecule has 1 aliphatic rings. The Morgan fingerprint density at radius 3 is 2.00 bits per heavy atom. The van der Waals surface area contributed by atoms with Crippen LogP contribution in [0.1, 0.15) is 20.8 Å². The molecule has 1 rings (SSSR count). The van der Waals surface area contributed by atoms with Crippen LogP contribution in [0.2, 0.25) is 0 Å². The van der Waals surface area contributed by atoms with Crippen molar-refractivity contribution in [2.75, 3.05) is 7.05 Å². The monoisotopic (exact) mass is 156 g/mol. The third-order valence-electron chi connectivity index (χ3n) is 2.48. The Hall–Kier alpha value is -0.240. The topological polar surface area (TPSA) is 3.01 Å². The summed E-state index contributed by atoms with van der Waals surface area (Å²) in [5, 5.41) is 1.12. The van der Waals surface area contributed by atoms with Gasteiger partial charge in [-0.2, -0.15) is 4.58 Å². The molecular weight excluding hydrogens is 142 g/mol. The van der Waals surface area contributed by atoms with Crippen LogP contribution in [0.5, 0.6) is 0 Å². The molecule has 0 aliphatic carbocycles. The van der Waals surface area contributed by atoms with Gasteiger partial charge in [-0.25, -0.2) is 0 Å². The molecule has 1 unspecified atom stereocenters. The largest absolute Gasteiger partial charge is 0.236 e. The van der Waals surface area contributed by atoms with Crippen LogP contribution >= 0.6 is 12.6 Å². The van der Waals surface area contributed by atoms with Crippen LogP contribution < -0.4 is 0 Å². The molecule has 1 atom stereocenters. The van der Waals surface area contributed by atoms with Gasteiger partial charge in [-0.1, -0.05) is 12.6 Å². The van der Waals surface area contributed by atoms with Crippen molar-refractivity contribution in [3.8, 4) is 0 Å². The summed E-state index contributed by atoms with van der Waals surface area (Å²) >= 11 is 4.39. The SMILES string of the molecule is CC1=C(S)[N+](C)=C(C)C1C. The Labute approximate surface area is 67.9 Å². The van der Waals surface area contributed by atoms with E-state index >= 15 is 0 Å². The molecule has 10 heavy (non-hydrogen) atoms. The second kappa shape index (κ2) is 2.42. The number of nitrogens with zero attached hydrogens (tertiary/aromatic N) is 1. The normalized spacial score (nSPS) is 26.7. The molecule has 0 amide bonds. The standard InChI is InChI=1S/C8H13NS/c1-5-6(2)8(10)9(4)7(5)3/h5H,1-4H3/p+1. The van der Waals surface area contributed by atoms with Gasteiger partial charge in [0, 0.05) is 12.5 Å². The van der Waals surface area contributed by atoms with Crippen molar-refractivity contribution >= 4 is 18.3 Å². The fourth-order valence-corrected chi connectivity index (χ4v) is 1.58. The van der Waals surface area contributed by atoms with Gasteiger partial charge in [-0.3, -0.25) is 0 Å². The molecule has 2 heteroatoms. The molecular formula is C8H14NS+. The lowest BCUT2D eigenvalue weighted by Gasteiger charge is -1.96. The van der Waals surface area contributed by atoms with E-state index in [4.69, 9.17) is 0 Å². The van der Waals surface area contributed by atoms with Gasteiger partial charge in [0.25, 0.3) is 0 Å². The van der Waals surface area contributed by atoms with Gasteiger partial charge in [0.15, 0.2) is 5.71 Å². The lowest BCUT2D eigenvalue weighted by atomic mass is 10.0. The number of hydrogen-bond acceptors (Lipinski definition) is 1. The second-order valence-corrected chi connectivity index (χ2v) is 3.35. The zero-order chi connectivity index (χ0) is 7.89. The summed E-state index contributed by atoms with van der Waals surface area (Å²) in [7, 11) is 2.06. The van der Waals surface area contributed by atoms with Crippen molar-refractivity contribution in [1.29, 1.82) is 0 Å². The molecule has 0 saturated carbocycles. The lowest BCUT2D eigenvalue weighted by Crippen LogP contribution is -2.10. The van der Waals surface area contributed by atoms with Gasteiger partial charge in [0.05, 0.1) is 5.92 Å². The predicted octanol–water partition coefficient (Wildman–Crippen LogP) is 1.90. The number of rotatable bonds is 0. The van der Waals surface area contributed by atoms with Gasteiger partial charge >= 0.3 is 0 Å². The molecule has 0 aromatic rings. The summed E-state index contributed by atoms with van der Waals surface area (Å²) in [6.45, 7) is 6.50. The van der Waals surface area contributed by atoms with E-state index in [1.165, 1.54) is 11.3 Å². The van der Waals surface area contributed by atoms with E-state index in [9.17, 15) is 0 Å².